The van der Waals surface area contributed by atoms with Crippen LogP contribution in [-0.2, 0) is 6.18 Å². The van der Waals surface area contributed by atoms with E-state index in [2.05, 4.69) is 26.7 Å². The Morgan fingerprint density at radius 3 is 2.56 bits per heavy atom. The molecule has 0 bridgehead atoms. The number of halogens is 3. The Hall–Kier alpha value is -3.03. The quantitative estimate of drug-likeness (QED) is 0.584. The van der Waals surface area contributed by atoms with Gasteiger partial charge in [-0.15, -0.1) is 0 Å². The summed E-state index contributed by atoms with van der Waals surface area (Å²) in [5.41, 5.74) is 6.83. The molecule has 0 aliphatic carbocycles. The van der Waals surface area contributed by atoms with Crippen LogP contribution in [0.2, 0.25) is 0 Å². The van der Waals surface area contributed by atoms with Gasteiger partial charge in [-0.25, -0.2) is 9.97 Å². The first-order chi connectivity index (χ1) is 12.7. The molecule has 0 amide bonds. The van der Waals surface area contributed by atoms with Gasteiger partial charge in [0.25, 0.3) is 0 Å². The lowest BCUT2D eigenvalue weighted by atomic mass is 10.0. The van der Waals surface area contributed by atoms with E-state index in [1.165, 1.54) is 6.07 Å². The molecule has 1 radical (unpaired) electrons. The summed E-state index contributed by atoms with van der Waals surface area (Å²) in [5, 5.41) is 6.93. The van der Waals surface area contributed by atoms with Gasteiger partial charge in [-0.3, -0.25) is 0 Å². The molecule has 4 N–H and O–H groups in total. The van der Waals surface area contributed by atoms with E-state index in [1.807, 2.05) is 6.07 Å². The van der Waals surface area contributed by atoms with Gasteiger partial charge in [-0.2, -0.15) is 13.2 Å². The number of aromatic nitrogens is 2. The highest BCUT2D eigenvalue weighted by atomic mass is 19.4. The number of fused-ring (bicyclic) bond motifs is 1. The minimum atomic E-state index is -4.46. The molecule has 0 saturated heterocycles. The molecule has 27 heavy (non-hydrogen) atoms. The van der Waals surface area contributed by atoms with Crippen LogP contribution in [0.15, 0.2) is 30.3 Å². The number of aryl methyl sites for hydroxylation is 1. The van der Waals surface area contributed by atoms with Gasteiger partial charge in [0, 0.05) is 29.9 Å². The van der Waals surface area contributed by atoms with Crippen LogP contribution in [0.1, 0.15) is 29.9 Å². The Balaban J connectivity index is 2.01. The molecule has 5 nitrogen and oxygen atoms in total. The second kappa shape index (κ2) is 6.94. The van der Waals surface area contributed by atoms with Crippen molar-refractivity contribution in [2.45, 2.75) is 26.1 Å². The van der Waals surface area contributed by atoms with E-state index in [1.54, 1.807) is 27.0 Å². The van der Waals surface area contributed by atoms with Gasteiger partial charge >= 0.3 is 6.18 Å². The molecule has 1 aromatic heterocycles. The van der Waals surface area contributed by atoms with Gasteiger partial charge in [-0.1, -0.05) is 0 Å². The summed E-state index contributed by atoms with van der Waals surface area (Å²) < 4.78 is 39.2. The first-order valence-corrected chi connectivity index (χ1v) is 8.29. The number of nitrogens with two attached hydrogens (primary N) is 1. The number of hydrogen-bond acceptors (Lipinski definition) is 5. The fourth-order valence-electron chi connectivity index (χ4n) is 2.82. The number of anilines is 3. The van der Waals surface area contributed by atoms with Crippen LogP contribution in [0.5, 0.6) is 0 Å². The van der Waals surface area contributed by atoms with Crippen molar-refractivity contribution in [1.82, 2.24) is 9.97 Å². The molecule has 0 spiro atoms. The van der Waals surface area contributed by atoms with Crippen LogP contribution in [0.25, 0.3) is 10.9 Å². The predicted octanol–water partition coefficient (Wildman–Crippen LogP) is 4.55. The zero-order valence-electron chi connectivity index (χ0n) is 15.1. The Kier molecular flexibility index (Phi) is 4.82. The van der Waals surface area contributed by atoms with Crippen molar-refractivity contribution in [1.29, 1.82) is 0 Å². The Morgan fingerprint density at radius 2 is 1.89 bits per heavy atom. The van der Waals surface area contributed by atoms with E-state index >= 15 is 0 Å². The maximum Gasteiger partial charge on any atom is 0.416 e. The fraction of sp³-hybridized carbons (Fsp3) is 0.263. The van der Waals surface area contributed by atoms with Crippen molar-refractivity contribution in [3.05, 3.63) is 53.3 Å². The fourth-order valence-corrected chi connectivity index (χ4v) is 2.82. The Bertz CT molecular complexity index is 985. The largest absolute Gasteiger partial charge is 0.416 e. The van der Waals surface area contributed by atoms with Gasteiger partial charge in [0.15, 0.2) is 0 Å². The van der Waals surface area contributed by atoms with Gasteiger partial charge in [-0.05, 0) is 49.7 Å². The molecule has 0 aliphatic heterocycles. The minimum absolute atomic E-state index is 0.0595. The molecule has 1 heterocycles. The van der Waals surface area contributed by atoms with Crippen molar-refractivity contribution < 1.29 is 13.2 Å². The molecular formula is C19H19F3N5. The maximum absolute atomic E-state index is 13.1. The zero-order valence-corrected chi connectivity index (χ0v) is 15.1. The summed E-state index contributed by atoms with van der Waals surface area (Å²) in [7, 11) is 1.77. The summed E-state index contributed by atoms with van der Waals surface area (Å²) >= 11 is 0. The first-order valence-electron chi connectivity index (χ1n) is 8.29. The van der Waals surface area contributed by atoms with Crippen molar-refractivity contribution in [2.24, 2.45) is 0 Å². The summed E-state index contributed by atoms with van der Waals surface area (Å²) in [4.78, 5) is 8.79. The summed E-state index contributed by atoms with van der Waals surface area (Å²) in [5.74, 6) is 1.08. The molecule has 3 aromatic rings. The minimum Gasteiger partial charge on any atom is -0.399 e. The van der Waals surface area contributed by atoms with Crippen molar-refractivity contribution in [3.8, 4) is 0 Å². The third kappa shape index (κ3) is 4.05. The van der Waals surface area contributed by atoms with Gasteiger partial charge < -0.3 is 16.4 Å². The summed E-state index contributed by atoms with van der Waals surface area (Å²) in [6, 6.07) is 9.74. The SMILES string of the molecule is CNc1[c]cc2nc(C)nc(N[C@H](C)c3cc(N)cc(C(F)(F)F)c3)c2c1. The topological polar surface area (TPSA) is 75.9 Å². The third-order valence-corrected chi connectivity index (χ3v) is 4.17. The molecule has 141 valence electrons. The molecule has 0 fully saturated rings. The van der Waals surface area contributed by atoms with E-state index in [0.717, 1.165) is 23.2 Å². The average Bonchev–Trinajstić information content (AvgIpc) is 2.60. The summed E-state index contributed by atoms with van der Waals surface area (Å²) in [6.07, 6.45) is -4.46. The van der Waals surface area contributed by atoms with E-state index in [0.29, 0.717) is 22.7 Å². The third-order valence-electron chi connectivity index (χ3n) is 4.17. The van der Waals surface area contributed by atoms with Gasteiger partial charge in [0.1, 0.15) is 11.6 Å². The summed E-state index contributed by atoms with van der Waals surface area (Å²) in [6.45, 7) is 3.51. The number of nitrogens with one attached hydrogen (secondary N) is 2. The Morgan fingerprint density at radius 1 is 1.15 bits per heavy atom. The lowest BCUT2D eigenvalue weighted by molar-refractivity contribution is -0.137. The smallest absolute Gasteiger partial charge is 0.399 e. The highest BCUT2D eigenvalue weighted by Crippen LogP contribution is 2.34. The van der Waals surface area contributed by atoms with Gasteiger partial charge in [0.05, 0.1) is 17.1 Å². The van der Waals surface area contributed by atoms with Crippen molar-refractivity contribution in [3.63, 3.8) is 0 Å². The first kappa shape index (κ1) is 18.8. The van der Waals surface area contributed by atoms with E-state index in [4.69, 9.17) is 5.73 Å². The lowest BCUT2D eigenvalue weighted by Gasteiger charge is -2.19. The number of hydrogen-bond donors (Lipinski definition) is 3. The molecule has 1 atom stereocenters. The number of alkyl halides is 3. The highest BCUT2D eigenvalue weighted by Gasteiger charge is 2.31. The van der Waals surface area contributed by atoms with Crippen molar-refractivity contribution >= 4 is 28.1 Å². The number of nitrogens with zero attached hydrogens (tertiary/aromatic N) is 2. The second-order valence-corrected chi connectivity index (χ2v) is 6.27. The molecular weight excluding hydrogens is 355 g/mol. The normalized spacial score (nSPS) is 12.8. The van der Waals surface area contributed by atoms with Crippen LogP contribution in [-0.4, -0.2) is 17.0 Å². The predicted molar refractivity (Wildman–Crippen MR) is 101 cm³/mol. The van der Waals surface area contributed by atoms with E-state index < -0.39 is 17.8 Å². The Labute approximate surface area is 154 Å². The van der Waals surface area contributed by atoms with E-state index in [-0.39, 0.29) is 5.69 Å². The number of rotatable bonds is 4. The molecule has 0 aliphatic rings. The van der Waals surface area contributed by atoms with E-state index in [9.17, 15) is 13.2 Å². The second-order valence-electron chi connectivity index (χ2n) is 6.27. The molecule has 0 saturated carbocycles. The molecule has 3 rings (SSSR count). The number of benzene rings is 2. The maximum atomic E-state index is 13.1. The van der Waals surface area contributed by atoms with Crippen LogP contribution < -0.4 is 16.4 Å². The monoisotopic (exact) mass is 374 g/mol. The average molecular weight is 374 g/mol. The molecule has 2 aromatic carbocycles. The van der Waals surface area contributed by atoms with Crippen molar-refractivity contribution in [2.75, 3.05) is 23.4 Å². The van der Waals surface area contributed by atoms with Crippen LogP contribution in [0.4, 0.5) is 30.4 Å². The number of nitrogen functional groups attached to an aromatic ring is 1. The molecule has 0 unspecified atom stereocenters. The van der Waals surface area contributed by atoms with Crippen LogP contribution in [0.3, 0.4) is 0 Å². The molecule has 8 heteroatoms. The van der Waals surface area contributed by atoms with Crippen LogP contribution >= 0.6 is 0 Å². The zero-order chi connectivity index (χ0) is 19.8. The lowest BCUT2D eigenvalue weighted by Crippen LogP contribution is -2.12. The highest BCUT2D eigenvalue weighted by molar-refractivity contribution is 5.91. The standard InChI is InChI=1S/C19H19F3N5/c1-10(12-6-13(19(20,21)22)8-14(23)7-12)25-18-16-9-15(24-3)4-5-17(16)26-11(2)27-18/h5-10,24H,23H2,1-3H3,(H,25,26,27)/t10-/m1/s1. The van der Waals surface area contributed by atoms with Crippen LogP contribution in [0, 0.1) is 13.0 Å². The van der Waals surface area contributed by atoms with Gasteiger partial charge in [0.2, 0.25) is 0 Å².